The quantitative estimate of drug-likeness (QED) is 0.851. The zero-order valence-electron chi connectivity index (χ0n) is 14.2. The molecule has 1 aromatic rings. The number of piperazine rings is 1. The van der Waals surface area contributed by atoms with E-state index in [4.69, 9.17) is 9.47 Å². The summed E-state index contributed by atoms with van der Waals surface area (Å²) in [7, 11) is 3.02. The first-order chi connectivity index (χ1) is 11.0. The molecule has 0 bridgehead atoms. The fourth-order valence-corrected chi connectivity index (χ4v) is 2.80. The molecule has 1 aliphatic rings. The van der Waals surface area contributed by atoms with Crippen molar-refractivity contribution in [2.24, 2.45) is 0 Å². The summed E-state index contributed by atoms with van der Waals surface area (Å²) in [6.45, 7) is 6.07. The van der Waals surface area contributed by atoms with Gasteiger partial charge in [-0.3, -0.25) is 4.79 Å². The van der Waals surface area contributed by atoms with Crippen molar-refractivity contribution in [2.75, 3.05) is 40.4 Å². The third-order valence-corrected chi connectivity index (χ3v) is 4.26. The minimum Gasteiger partial charge on any atom is -0.496 e. The zero-order chi connectivity index (χ0) is 17.0. The van der Waals surface area contributed by atoms with E-state index in [0.717, 1.165) is 22.4 Å². The molecule has 0 spiro atoms. The fourth-order valence-electron chi connectivity index (χ4n) is 2.80. The van der Waals surface area contributed by atoms with Crippen molar-refractivity contribution in [3.63, 3.8) is 0 Å². The number of hydrogen-bond donors (Lipinski definition) is 0. The molecule has 0 N–H and O–H groups in total. The third-order valence-electron chi connectivity index (χ3n) is 4.26. The summed E-state index contributed by atoms with van der Waals surface area (Å²) >= 11 is 0. The molecule has 23 heavy (non-hydrogen) atoms. The molecule has 0 aliphatic carbocycles. The Morgan fingerprint density at radius 3 is 2.17 bits per heavy atom. The van der Waals surface area contributed by atoms with Crippen LogP contribution in [-0.4, -0.2) is 62.2 Å². The van der Waals surface area contributed by atoms with Gasteiger partial charge in [0, 0.05) is 26.2 Å². The number of hydrogen-bond acceptors (Lipinski definition) is 4. The fraction of sp³-hybridized carbons (Fsp3) is 0.529. The molecule has 6 heteroatoms. The summed E-state index contributed by atoms with van der Waals surface area (Å²) in [4.78, 5) is 27.4. The number of benzene rings is 1. The molecule has 126 valence electrons. The summed E-state index contributed by atoms with van der Waals surface area (Å²) in [5, 5.41) is 0. The van der Waals surface area contributed by atoms with Crippen molar-refractivity contribution in [1.29, 1.82) is 0 Å². The van der Waals surface area contributed by atoms with Crippen LogP contribution in [0.5, 0.6) is 5.75 Å². The maximum absolute atomic E-state index is 12.5. The van der Waals surface area contributed by atoms with Crippen LogP contribution in [-0.2, 0) is 16.0 Å². The molecule has 1 aliphatic heterocycles. The van der Waals surface area contributed by atoms with Crippen LogP contribution in [0.15, 0.2) is 12.1 Å². The molecule has 0 radical (unpaired) electrons. The number of nitrogens with zero attached hydrogens (tertiary/aromatic N) is 2. The Labute approximate surface area is 137 Å². The number of methoxy groups -OCH3 is 2. The predicted molar refractivity (Wildman–Crippen MR) is 86.7 cm³/mol. The maximum Gasteiger partial charge on any atom is 0.409 e. The SMILES string of the molecule is COC(=O)N1CCN(C(=O)Cc2cc(C)c(OC)cc2C)CC1. The topological polar surface area (TPSA) is 59.1 Å². The number of aryl methyl sites for hydroxylation is 2. The second-order valence-corrected chi connectivity index (χ2v) is 5.76. The Morgan fingerprint density at radius 2 is 1.61 bits per heavy atom. The molecule has 1 saturated heterocycles. The molecule has 2 rings (SSSR count). The Morgan fingerprint density at radius 1 is 1.00 bits per heavy atom. The first-order valence-electron chi connectivity index (χ1n) is 7.71. The average Bonchev–Trinajstić information content (AvgIpc) is 2.57. The molecule has 6 nitrogen and oxygen atoms in total. The summed E-state index contributed by atoms with van der Waals surface area (Å²) < 4.78 is 10.0. The molecule has 0 saturated carbocycles. The number of carbonyl (C=O) groups is 2. The second-order valence-electron chi connectivity index (χ2n) is 5.76. The number of amides is 2. The van der Waals surface area contributed by atoms with Gasteiger partial charge in [0.05, 0.1) is 20.6 Å². The lowest BCUT2D eigenvalue weighted by Gasteiger charge is -2.34. The number of ether oxygens (including phenoxy) is 2. The third kappa shape index (κ3) is 3.94. The normalized spacial score (nSPS) is 14.6. The van der Waals surface area contributed by atoms with Gasteiger partial charge in [-0.2, -0.15) is 0 Å². The summed E-state index contributed by atoms with van der Waals surface area (Å²) in [6.07, 6.45) is 0.0354. The molecule has 0 unspecified atom stereocenters. The zero-order valence-corrected chi connectivity index (χ0v) is 14.2. The number of carbonyl (C=O) groups excluding carboxylic acids is 2. The smallest absolute Gasteiger partial charge is 0.409 e. The maximum atomic E-state index is 12.5. The van der Waals surface area contributed by atoms with Crippen LogP contribution in [0.4, 0.5) is 4.79 Å². The average molecular weight is 320 g/mol. The highest BCUT2D eigenvalue weighted by Gasteiger charge is 2.24. The van der Waals surface area contributed by atoms with E-state index in [9.17, 15) is 9.59 Å². The van der Waals surface area contributed by atoms with Gasteiger partial charge in [0.25, 0.3) is 0 Å². The van der Waals surface area contributed by atoms with Gasteiger partial charge in [-0.1, -0.05) is 6.07 Å². The number of rotatable bonds is 3. The van der Waals surface area contributed by atoms with Crippen molar-refractivity contribution in [2.45, 2.75) is 20.3 Å². The van der Waals surface area contributed by atoms with Crippen LogP contribution in [0.1, 0.15) is 16.7 Å². The minimum atomic E-state index is -0.335. The van der Waals surface area contributed by atoms with E-state index < -0.39 is 0 Å². The van der Waals surface area contributed by atoms with E-state index in [1.807, 2.05) is 26.0 Å². The van der Waals surface area contributed by atoms with Crippen molar-refractivity contribution in [3.8, 4) is 5.75 Å². The van der Waals surface area contributed by atoms with E-state index in [0.29, 0.717) is 32.6 Å². The van der Waals surface area contributed by atoms with Crippen LogP contribution >= 0.6 is 0 Å². The summed E-state index contributed by atoms with van der Waals surface area (Å²) in [6, 6.07) is 3.98. The Balaban J connectivity index is 1.98. The lowest BCUT2D eigenvalue weighted by Crippen LogP contribution is -2.51. The van der Waals surface area contributed by atoms with Gasteiger partial charge < -0.3 is 19.3 Å². The van der Waals surface area contributed by atoms with Crippen molar-refractivity contribution in [1.82, 2.24) is 9.80 Å². The van der Waals surface area contributed by atoms with Gasteiger partial charge in [-0.05, 0) is 36.6 Å². The van der Waals surface area contributed by atoms with Gasteiger partial charge in [0.2, 0.25) is 5.91 Å². The summed E-state index contributed by atoms with van der Waals surface area (Å²) in [5.74, 6) is 0.924. The molecule has 0 atom stereocenters. The molecule has 0 aromatic heterocycles. The Kier molecular flexibility index (Phi) is 5.47. The van der Waals surface area contributed by atoms with Crippen molar-refractivity contribution >= 4 is 12.0 Å². The molecule has 1 heterocycles. The first kappa shape index (κ1) is 17.1. The van der Waals surface area contributed by atoms with Crippen molar-refractivity contribution in [3.05, 3.63) is 28.8 Å². The molecular formula is C17H24N2O4. The van der Waals surface area contributed by atoms with E-state index >= 15 is 0 Å². The van der Waals surface area contributed by atoms with E-state index in [1.165, 1.54) is 7.11 Å². The van der Waals surface area contributed by atoms with E-state index in [-0.39, 0.29) is 12.0 Å². The van der Waals surface area contributed by atoms with Gasteiger partial charge in [-0.15, -0.1) is 0 Å². The Bertz CT molecular complexity index is 593. The van der Waals surface area contributed by atoms with Gasteiger partial charge in [-0.25, -0.2) is 4.79 Å². The standard InChI is InChI=1S/C17H24N2O4/c1-12-10-15(22-3)13(2)9-14(12)11-16(20)18-5-7-19(8-6-18)17(21)23-4/h9-10H,5-8,11H2,1-4H3. The second kappa shape index (κ2) is 7.35. The lowest BCUT2D eigenvalue weighted by molar-refractivity contribution is -0.132. The predicted octanol–water partition coefficient (Wildman–Crippen LogP) is 1.77. The van der Waals surface area contributed by atoms with Crippen LogP contribution in [0, 0.1) is 13.8 Å². The van der Waals surface area contributed by atoms with Gasteiger partial charge >= 0.3 is 6.09 Å². The van der Waals surface area contributed by atoms with E-state index in [2.05, 4.69) is 0 Å². The highest BCUT2D eigenvalue weighted by molar-refractivity contribution is 5.79. The lowest BCUT2D eigenvalue weighted by atomic mass is 10.0. The van der Waals surface area contributed by atoms with Crippen LogP contribution in [0.25, 0.3) is 0 Å². The van der Waals surface area contributed by atoms with Crippen molar-refractivity contribution < 1.29 is 19.1 Å². The first-order valence-corrected chi connectivity index (χ1v) is 7.71. The minimum absolute atomic E-state index is 0.0854. The largest absolute Gasteiger partial charge is 0.496 e. The molecule has 1 fully saturated rings. The van der Waals surface area contributed by atoms with Crippen LogP contribution < -0.4 is 4.74 Å². The monoisotopic (exact) mass is 320 g/mol. The highest BCUT2D eigenvalue weighted by atomic mass is 16.5. The summed E-state index contributed by atoms with van der Waals surface area (Å²) in [5.41, 5.74) is 3.09. The molecular weight excluding hydrogens is 296 g/mol. The van der Waals surface area contributed by atoms with Crippen LogP contribution in [0.2, 0.25) is 0 Å². The molecule has 2 amide bonds. The Hall–Kier alpha value is -2.24. The van der Waals surface area contributed by atoms with E-state index in [1.54, 1.807) is 16.9 Å². The van der Waals surface area contributed by atoms with Gasteiger partial charge in [0.1, 0.15) is 5.75 Å². The molecule has 1 aromatic carbocycles. The highest BCUT2D eigenvalue weighted by Crippen LogP contribution is 2.23. The van der Waals surface area contributed by atoms with Crippen LogP contribution in [0.3, 0.4) is 0 Å². The van der Waals surface area contributed by atoms with Gasteiger partial charge in [0.15, 0.2) is 0 Å².